The molecule has 0 aliphatic rings. The van der Waals surface area contributed by atoms with Crippen LogP contribution in [0.5, 0.6) is 0 Å². The van der Waals surface area contributed by atoms with E-state index in [4.69, 9.17) is 11.6 Å². The van der Waals surface area contributed by atoms with Crippen LogP contribution in [0.15, 0.2) is 47.4 Å². The van der Waals surface area contributed by atoms with Crippen molar-refractivity contribution in [2.24, 2.45) is 0 Å². The number of nitrogens with zero attached hydrogens (tertiary/aromatic N) is 3. The summed E-state index contributed by atoms with van der Waals surface area (Å²) in [4.78, 5) is 23.0. The first kappa shape index (κ1) is 22.1. The number of benzene rings is 2. The Morgan fingerprint density at radius 1 is 1.14 bits per heavy atom. The molecule has 0 unspecified atom stereocenters. The van der Waals surface area contributed by atoms with Crippen LogP contribution in [-0.4, -0.2) is 48.2 Å². The summed E-state index contributed by atoms with van der Waals surface area (Å²) in [5, 5.41) is 1.94. The highest BCUT2D eigenvalue weighted by atomic mass is 35.5. The highest BCUT2D eigenvalue weighted by Gasteiger charge is 2.20. The van der Waals surface area contributed by atoms with Crippen molar-refractivity contribution in [3.05, 3.63) is 53.1 Å². The third-order valence-electron chi connectivity index (χ3n) is 4.29. The summed E-state index contributed by atoms with van der Waals surface area (Å²) < 4.78 is 0.991. The minimum atomic E-state index is 0.0567. The summed E-state index contributed by atoms with van der Waals surface area (Å²) in [7, 11) is 4.01. The summed E-state index contributed by atoms with van der Waals surface area (Å²) in [5.41, 5.74) is 1.88. The molecular formula is C22H26ClN3OS2. The zero-order valence-electron chi connectivity index (χ0n) is 17.2. The normalized spacial score (nSPS) is 11.6. The smallest absolute Gasteiger partial charge is 0.233 e. The first-order valence-corrected chi connectivity index (χ1v) is 11.7. The number of carbonyl (C=O) groups excluding carboxylic acids is 1. The largest absolute Gasteiger partial charge is 0.308 e. The van der Waals surface area contributed by atoms with Crippen LogP contribution in [0.25, 0.3) is 10.2 Å². The van der Waals surface area contributed by atoms with Gasteiger partial charge in [0.05, 0.1) is 16.6 Å². The Labute approximate surface area is 185 Å². The average molecular weight is 448 g/mol. The molecule has 0 spiro atoms. The molecule has 154 valence electrons. The van der Waals surface area contributed by atoms with Crippen LogP contribution in [0, 0.1) is 0 Å². The number of anilines is 1. The Bertz CT molecular complexity index is 970. The van der Waals surface area contributed by atoms with Gasteiger partial charge in [-0.2, -0.15) is 0 Å². The van der Waals surface area contributed by atoms with Crippen LogP contribution < -0.4 is 4.90 Å². The lowest BCUT2D eigenvalue weighted by Crippen LogP contribution is -2.37. The Morgan fingerprint density at radius 2 is 1.86 bits per heavy atom. The number of thiazole rings is 1. The first-order chi connectivity index (χ1) is 13.8. The SMILES string of the molecule is CC(C)Sc1ccc(CC(=O)N(CCN(C)C)c2nc3ccc(Cl)cc3s2)cc1. The van der Waals surface area contributed by atoms with Crippen molar-refractivity contribution in [1.29, 1.82) is 0 Å². The number of rotatable bonds is 8. The van der Waals surface area contributed by atoms with Crippen LogP contribution in [-0.2, 0) is 11.2 Å². The zero-order chi connectivity index (χ0) is 21.0. The summed E-state index contributed by atoms with van der Waals surface area (Å²) in [6.07, 6.45) is 0.358. The fourth-order valence-corrected chi connectivity index (χ4v) is 4.98. The molecule has 0 atom stereocenters. The van der Waals surface area contributed by atoms with Crippen LogP contribution in [0.3, 0.4) is 0 Å². The van der Waals surface area contributed by atoms with Crippen molar-refractivity contribution in [3.63, 3.8) is 0 Å². The standard InChI is InChI=1S/C22H26ClN3OS2/c1-15(2)28-18-8-5-16(6-9-18)13-21(27)26(12-11-25(3)4)22-24-19-10-7-17(23)14-20(19)29-22/h5-10,14-15H,11-13H2,1-4H3. The van der Waals surface area contributed by atoms with Crippen molar-refractivity contribution in [2.75, 3.05) is 32.1 Å². The molecule has 3 rings (SSSR count). The third kappa shape index (κ3) is 6.19. The monoisotopic (exact) mass is 447 g/mol. The Morgan fingerprint density at radius 3 is 2.52 bits per heavy atom. The molecule has 29 heavy (non-hydrogen) atoms. The fourth-order valence-electron chi connectivity index (χ4n) is 2.86. The van der Waals surface area contributed by atoms with Gasteiger partial charge < -0.3 is 4.90 Å². The fraction of sp³-hybridized carbons (Fsp3) is 0.364. The van der Waals surface area contributed by atoms with E-state index in [2.05, 4.69) is 35.9 Å². The van der Waals surface area contributed by atoms with Gasteiger partial charge in [0.2, 0.25) is 5.91 Å². The van der Waals surface area contributed by atoms with Crippen molar-refractivity contribution in [1.82, 2.24) is 9.88 Å². The summed E-state index contributed by atoms with van der Waals surface area (Å²) >= 11 is 9.45. The van der Waals surface area contributed by atoms with E-state index in [0.29, 0.717) is 23.2 Å². The molecule has 0 saturated heterocycles. The predicted molar refractivity (Wildman–Crippen MR) is 127 cm³/mol. The molecule has 0 N–H and O–H groups in total. The van der Waals surface area contributed by atoms with Gasteiger partial charge in [0.15, 0.2) is 5.13 Å². The molecule has 0 fully saturated rings. The second kappa shape index (κ2) is 9.94. The number of aromatic nitrogens is 1. The van der Waals surface area contributed by atoms with Crippen molar-refractivity contribution in [3.8, 4) is 0 Å². The molecule has 0 aliphatic heterocycles. The lowest BCUT2D eigenvalue weighted by molar-refractivity contribution is -0.118. The molecule has 2 aromatic carbocycles. The Balaban J connectivity index is 1.80. The zero-order valence-corrected chi connectivity index (χ0v) is 19.6. The molecule has 3 aromatic rings. The highest BCUT2D eigenvalue weighted by molar-refractivity contribution is 7.99. The van der Waals surface area contributed by atoms with Gasteiger partial charge in [-0.3, -0.25) is 9.69 Å². The van der Waals surface area contributed by atoms with Gasteiger partial charge in [-0.05, 0) is 50.0 Å². The summed E-state index contributed by atoms with van der Waals surface area (Å²) in [6, 6.07) is 13.9. The first-order valence-electron chi connectivity index (χ1n) is 9.58. The van der Waals surface area contributed by atoms with Gasteiger partial charge in [0.25, 0.3) is 0 Å². The van der Waals surface area contributed by atoms with Crippen LogP contribution in [0.1, 0.15) is 19.4 Å². The van der Waals surface area contributed by atoms with Gasteiger partial charge in [0.1, 0.15) is 0 Å². The van der Waals surface area contributed by atoms with Gasteiger partial charge in [-0.25, -0.2) is 4.98 Å². The summed E-state index contributed by atoms with van der Waals surface area (Å²) in [6.45, 7) is 5.72. The lowest BCUT2D eigenvalue weighted by atomic mass is 10.1. The van der Waals surface area contributed by atoms with Crippen LogP contribution in [0.2, 0.25) is 5.02 Å². The predicted octanol–water partition coefficient (Wildman–Crippen LogP) is 5.59. The van der Waals surface area contributed by atoms with Crippen LogP contribution >= 0.6 is 34.7 Å². The van der Waals surface area contributed by atoms with E-state index in [0.717, 1.165) is 27.5 Å². The van der Waals surface area contributed by atoms with E-state index in [9.17, 15) is 4.79 Å². The van der Waals surface area contributed by atoms with E-state index < -0.39 is 0 Å². The van der Waals surface area contributed by atoms with Crippen molar-refractivity contribution >= 4 is 56.0 Å². The van der Waals surface area contributed by atoms with E-state index in [1.165, 1.54) is 16.2 Å². The highest BCUT2D eigenvalue weighted by Crippen LogP contribution is 2.31. The van der Waals surface area contributed by atoms with Gasteiger partial charge >= 0.3 is 0 Å². The molecule has 7 heteroatoms. The van der Waals surface area contributed by atoms with E-state index in [1.54, 1.807) is 4.90 Å². The third-order valence-corrected chi connectivity index (χ3v) is 6.58. The maximum atomic E-state index is 13.2. The molecule has 4 nitrogen and oxygen atoms in total. The van der Waals surface area contributed by atoms with E-state index >= 15 is 0 Å². The Hall–Kier alpha value is -1.60. The van der Waals surface area contributed by atoms with Crippen molar-refractivity contribution in [2.45, 2.75) is 30.4 Å². The van der Waals surface area contributed by atoms with E-state index in [-0.39, 0.29) is 5.91 Å². The van der Waals surface area contributed by atoms with Crippen LogP contribution in [0.4, 0.5) is 5.13 Å². The van der Waals surface area contributed by atoms with Gasteiger partial charge in [-0.15, -0.1) is 11.8 Å². The molecule has 1 amide bonds. The number of carbonyl (C=O) groups is 1. The minimum absolute atomic E-state index is 0.0567. The number of amides is 1. The Kier molecular flexibility index (Phi) is 7.57. The maximum absolute atomic E-state index is 13.2. The number of likely N-dealkylation sites (N-methyl/N-ethyl adjacent to an activating group) is 1. The molecule has 1 aromatic heterocycles. The molecule has 0 radical (unpaired) electrons. The van der Waals surface area contributed by atoms with Gasteiger partial charge in [0, 0.05) is 28.3 Å². The number of hydrogen-bond acceptors (Lipinski definition) is 5. The topological polar surface area (TPSA) is 36.4 Å². The summed E-state index contributed by atoms with van der Waals surface area (Å²) in [5.74, 6) is 0.0567. The second-order valence-corrected chi connectivity index (χ2v) is 10.5. The molecule has 0 saturated carbocycles. The number of halogens is 1. The number of thioether (sulfide) groups is 1. The average Bonchev–Trinajstić information content (AvgIpc) is 3.05. The molecular weight excluding hydrogens is 422 g/mol. The number of hydrogen-bond donors (Lipinski definition) is 0. The minimum Gasteiger partial charge on any atom is -0.308 e. The van der Waals surface area contributed by atoms with Crippen molar-refractivity contribution < 1.29 is 4.79 Å². The maximum Gasteiger partial charge on any atom is 0.233 e. The van der Waals surface area contributed by atoms with Gasteiger partial charge in [-0.1, -0.05) is 48.9 Å². The molecule has 0 aliphatic carbocycles. The van der Waals surface area contributed by atoms with E-state index in [1.807, 2.05) is 56.2 Å². The second-order valence-electron chi connectivity index (χ2n) is 7.44. The quantitative estimate of drug-likeness (QED) is 0.422. The lowest BCUT2D eigenvalue weighted by Gasteiger charge is -2.22. The molecule has 0 bridgehead atoms. The number of fused-ring (bicyclic) bond motifs is 1. The molecule has 1 heterocycles.